The van der Waals surface area contributed by atoms with Gasteiger partial charge >= 0.3 is 0 Å². The third-order valence-corrected chi connectivity index (χ3v) is 4.16. The summed E-state index contributed by atoms with van der Waals surface area (Å²) in [5.74, 6) is 0.316. The van der Waals surface area contributed by atoms with Crippen LogP contribution < -0.4 is 5.73 Å². The van der Waals surface area contributed by atoms with E-state index in [4.69, 9.17) is 5.73 Å². The Morgan fingerprint density at radius 1 is 1.19 bits per heavy atom. The predicted molar refractivity (Wildman–Crippen MR) is 64.0 cm³/mol. The fraction of sp³-hybridized carbons (Fsp3) is 0.917. The molecule has 0 radical (unpaired) electrons. The second-order valence-electron chi connectivity index (χ2n) is 5.29. The molecule has 2 N–H and O–H groups in total. The molecule has 0 atom stereocenters. The fourth-order valence-corrected chi connectivity index (χ4v) is 2.69. The maximum atomic E-state index is 12.4. The summed E-state index contributed by atoms with van der Waals surface area (Å²) in [5, 5.41) is 0. The molecule has 92 valence electrons. The second kappa shape index (κ2) is 4.72. The molecule has 0 aromatic heterocycles. The molecule has 0 aromatic rings. The number of nitrogens with zero attached hydrogens (tertiary/aromatic N) is 2. The molecule has 1 aliphatic heterocycles. The molecule has 1 aliphatic carbocycles. The summed E-state index contributed by atoms with van der Waals surface area (Å²) in [6.07, 6.45) is 4.24. The van der Waals surface area contributed by atoms with Gasteiger partial charge in [0.05, 0.1) is 5.41 Å². The summed E-state index contributed by atoms with van der Waals surface area (Å²) in [6.45, 7) is 4.39. The predicted octanol–water partition coefficient (Wildman–Crippen LogP) is 0.280. The van der Waals surface area contributed by atoms with E-state index in [0.29, 0.717) is 12.5 Å². The summed E-state index contributed by atoms with van der Waals surface area (Å²) in [7, 11) is 2.12. The number of carbonyl (C=O) groups is 1. The molecule has 0 bridgehead atoms. The van der Waals surface area contributed by atoms with Gasteiger partial charge < -0.3 is 15.5 Å². The van der Waals surface area contributed by atoms with E-state index in [-0.39, 0.29) is 5.41 Å². The van der Waals surface area contributed by atoms with Gasteiger partial charge in [-0.1, -0.05) is 6.42 Å². The lowest BCUT2D eigenvalue weighted by molar-refractivity contribution is -0.146. The van der Waals surface area contributed by atoms with Crippen LogP contribution in [0.4, 0.5) is 0 Å². The van der Waals surface area contributed by atoms with Gasteiger partial charge in [-0.2, -0.15) is 0 Å². The Bertz CT molecular complexity index is 257. The molecule has 1 saturated carbocycles. The molecule has 0 spiro atoms. The smallest absolute Gasteiger partial charge is 0.230 e. The van der Waals surface area contributed by atoms with Gasteiger partial charge in [0.25, 0.3) is 0 Å². The largest absolute Gasteiger partial charge is 0.341 e. The van der Waals surface area contributed by atoms with Gasteiger partial charge in [-0.05, 0) is 32.9 Å². The van der Waals surface area contributed by atoms with Gasteiger partial charge in [-0.3, -0.25) is 4.79 Å². The van der Waals surface area contributed by atoms with Gasteiger partial charge in [0.1, 0.15) is 0 Å². The first-order valence-electron chi connectivity index (χ1n) is 6.36. The molecule has 2 rings (SSSR count). The highest BCUT2D eigenvalue weighted by molar-refractivity contribution is 5.84. The van der Waals surface area contributed by atoms with Crippen LogP contribution in [0.5, 0.6) is 0 Å². The Labute approximate surface area is 97.8 Å². The number of nitrogens with two attached hydrogens (primary N) is 1. The minimum Gasteiger partial charge on any atom is -0.341 e. The van der Waals surface area contributed by atoms with Gasteiger partial charge in [0.15, 0.2) is 0 Å². The molecule has 0 unspecified atom stereocenters. The first kappa shape index (κ1) is 11.9. The Morgan fingerprint density at radius 2 is 1.94 bits per heavy atom. The highest BCUT2D eigenvalue weighted by Gasteiger charge is 2.45. The summed E-state index contributed by atoms with van der Waals surface area (Å²) in [4.78, 5) is 16.8. The lowest BCUT2D eigenvalue weighted by Crippen LogP contribution is -2.52. The standard InChI is InChI=1S/C12H23N3O/c1-14-6-3-7-15(9-8-14)11(16)12(10-13)4-2-5-12/h2-10,13H2,1H3. The number of rotatable bonds is 2. The molecule has 1 amide bonds. The van der Waals surface area contributed by atoms with Crippen LogP contribution in [0.3, 0.4) is 0 Å². The van der Waals surface area contributed by atoms with Gasteiger partial charge in [0, 0.05) is 26.2 Å². The molecule has 1 heterocycles. The van der Waals surface area contributed by atoms with Crippen molar-refractivity contribution in [1.29, 1.82) is 0 Å². The number of likely N-dealkylation sites (N-methyl/N-ethyl adjacent to an activating group) is 1. The molecule has 4 heteroatoms. The van der Waals surface area contributed by atoms with E-state index in [0.717, 1.165) is 51.9 Å². The second-order valence-corrected chi connectivity index (χ2v) is 5.29. The van der Waals surface area contributed by atoms with Crippen LogP contribution in [0.15, 0.2) is 0 Å². The zero-order valence-electron chi connectivity index (χ0n) is 10.2. The maximum absolute atomic E-state index is 12.4. The first-order valence-corrected chi connectivity index (χ1v) is 6.36. The average Bonchev–Trinajstić information content (AvgIpc) is 2.42. The summed E-state index contributed by atoms with van der Waals surface area (Å²) >= 11 is 0. The van der Waals surface area contributed by atoms with E-state index in [1.165, 1.54) is 0 Å². The molecule has 2 fully saturated rings. The number of amides is 1. The van der Waals surface area contributed by atoms with Crippen LogP contribution in [0.1, 0.15) is 25.7 Å². The average molecular weight is 225 g/mol. The molecule has 16 heavy (non-hydrogen) atoms. The van der Waals surface area contributed by atoms with E-state index >= 15 is 0 Å². The highest BCUT2D eigenvalue weighted by Crippen LogP contribution is 2.41. The zero-order chi connectivity index (χ0) is 11.6. The van der Waals surface area contributed by atoms with Crippen LogP contribution in [0.25, 0.3) is 0 Å². The highest BCUT2D eigenvalue weighted by atomic mass is 16.2. The monoisotopic (exact) mass is 225 g/mol. The van der Waals surface area contributed by atoms with E-state index in [1.807, 2.05) is 4.90 Å². The Balaban J connectivity index is 1.98. The Hall–Kier alpha value is -0.610. The van der Waals surface area contributed by atoms with Crippen molar-refractivity contribution in [2.45, 2.75) is 25.7 Å². The fourth-order valence-electron chi connectivity index (χ4n) is 2.69. The summed E-state index contributed by atoms with van der Waals surface area (Å²) < 4.78 is 0. The topological polar surface area (TPSA) is 49.6 Å². The van der Waals surface area contributed by atoms with Crippen molar-refractivity contribution in [2.75, 3.05) is 39.8 Å². The van der Waals surface area contributed by atoms with Crippen LogP contribution in [-0.4, -0.2) is 55.5 Å². The normalized spacial score (nSPS) is 26.0. The number of hydrogen-bond donors (Lipinski definition) is 1. The third kappa shape index (κ3) is 2.09. The van der Waals surface area contributed by atoms with E-state index < -0.39 is 0 Å². The number of hydrogen-bond acceptors (Lipinski definition) is 3. The van der Waals surface area contributed by atoms with Crippen LogP contribution in [-0.2, 0) is 4.79 Å². The van der Waals surface area contributed by atoms with Crippen molar-refractivity contribution in [3.05, 3.63) is 0 Å². The van der Waals surface area contributed by atoms with Crippen molar-refractivity contribution in [3.8, 4) is 0 Å². The number of carbonyl (C=O) groups excluding carboxylic acids is 1. The first-order chi connectivity index (χ1) is 7.68. The Kier molecular flexibility index (Phi) is 3.50. The van der Waals surface area contributed by atoms with Gasteiger partial charge in [-0.25, -0.2) is 0 Å². The quantitative estimate of drug-likeness (QED) is 0.734. The van der Waals surface area contributed by atoms with Crippen LogP contribution >= 0.6 is 0 Å². The van der Waals surface area contributed by atoms with E-state index in [1.54, 1.807) is 0 Å². The minimum atomic E-state index is -0.192. The molecule has 0 aromatic carbocycles. The molecular weight excluding hydrogens is 202 g/mol. The zero-order valence-corrected chi connectivity index (χ0v) is 10.2. The maximum Gasteiger partial charge on any atom is 0.230 e. The lowest BCUT2D eigenvalue weighted by atomic mass is 9.68. The molecule has 1 saturated heterocycles. The molecular formula is C12H23N3O. The minimum absolute atomic E-state index is 0.192. The third-order valence-electron chi connectivity index (χ3n) is 4.16. The van der Waals surface area contributed by atoms with E-state index in [9.17, 15) is 4.79 Å². The van der Waals surface area contributed by atoms with Gasteiger partial charge in [-0.15, -0.1) is 0 Å². The molecule has 2 aliphatic rings. The van der Waals surface area contributed by atoms with Gasteiger partial charge in [0.2, 0.25) is 5.91 Å². The summed E-state index contributed by atoms with van der Waals surface area (Å²) in [5.41, 5.74) is 5.59. The lowest BCUT2D eigenvalue weighted by Gasteiger charge is -2.42. The SMILES string of the molecule is CN1CCCN(C(=O)C2(CN)CCC2)CC1. The van der Waals surface area contributed by atoms with E-state index in [2.05, 4.69) is 11.9 Å². The van der Waals surface area contributed by atoms with Crippen LogP contribution in [0.2, 0.25) is 0 Å². The Morgan fingerprint density at radius 3 is 2.50 bits per heavy atom. The van der Waals surface area contributed by atoms with Crippen molar-refractivity contribution in [1.82, 2.24) is 9.80 Å². The van der Waals surface area contributed by atoms with Crippen molar-refractivity contribution in [3.63, 3.8) is 0 Å². The van der Waals surface area contributed by atoms with Crippen molar-refractivity contribution >= 4 is 5.91 Å². The molecule has 4 nitrogen and oxygen atoms in total. The van der Waals surface area contributed by atoms with Crippen molar-refractivity contribution < 1.29 is 4.79 Å². The van der Waals surface area contributed by atoms with Crippen LogP contribution in [0, 0.1) is 5.41 Å². The summed E-state index contributed by atoms with van der Waals surface area (Å²) in [6, 6.07) is 0. The van der Waals surface area contributed by atoms with Crippen molar-refractivity contribution in [2.24, 2.45) is 11.1 Å².